The Bertz CT molecular complexity index is 1960. The van der Waals surface area contributed by atoms with Crippen LogP contribution < -0.4 is 10.6 Å². The van der Waals surface area contributed by atoms with Crippen LogP contribution in [-0.4, -0.2) is 97.9 Å². The second-order valence-electron chi connectivity index (χ2n) is 16.1. The van der Waals surface area contributed by atoms with Gasteiger partial charge in [0.15, 0.2) is 5.65 Å². The number of hydrogen-bond donors (Lipinski definition) is 3. The molecular weight excluding hydrogens is 688 g/mol. The van der Waals surface area contributed by atoms with E-state index in [4.69, 9.17) is 24.5 Å². The maximum atomic E-state index is 14.6. The number of alkyl carbamates (subject to hydrolysis) is 1. The molecule has 0 spiro atoms. The molecule has 52 heavy (non-hydrogen) atoms. The van der Waals surface area contributed by atoms with Gasteiger partial charge in [0, 0.05) is 51.4 Å². The molecule has 1 aromatic carbocycles. The summed E-state index contributed by atoms with van der Waals surface area (Å²) in [5.41, 5.74) is 2.06. The molecule has 1 aliphatic heterocycles. The monoisotopic (exact) mass is 736 g/mol. The number of ether oxygens (including phenoxy) is 2. The van der Waals surface area contributed by atoms with Crippen LogP contribution in [0, 0.1) is 5.82 Å². The molecule has 3 N–H and O–H groups in total. The molecule has 3 amide bonds. The Kier molecular flexibility index (Phi) is 10.6. The number of hydrogen-bond acceptors (Lipinski definition) is 8. The highest BCUT2D eigenvalue weighted by atomic mass is 28.3. The summed E-state index contributed by atoms with van der Waals surface area (Å²) >= 11 is 0. The summed E-state index contributed by atoms with van der Waals surface area (Å²) in [7, 11) is -1.32. The molecule has 1 aliphatic carbocycles. The van der Waals surface area contributed by atoms with E-state index in [-0.39, 0.29) is 30.8 Å². The van der Waals surface area contributed by atoms with Crippen molar-refractivity contribution in [3.8, 4) is 11.4 Å². The van der Waals surface area contributed by atoms with Crippen LogP contribution >= 0.6 is 0 Å². The Balaban J connectivity index is 1.29. The van der Waals surface area contributed by atoms with Crippen molar-refractivity contribution in [1.82, 2.24) is 39.8 Å². The normalized spacial score (nSPS) is 18.6. The van der Waals surface area contributed by atoms with Crippen molar-refractivity contribution in [2.24, 2.45) is 0 Å². The standard InChI is InChI=1S/C36H49FN8O6Si/c1-36(2,3)51-34(47)40-24-9-8-23(18-24)39-33(46)27-20-44(21-50-15-16-52(4,5)6)32-31(27)41-28(19-38-32)30-26-10-7-22(37)17-29(26)45(42-30)25-11-13-43(14-12-25)35(48)49/h7,10,17,19-20,23-25H,8-9,11-16,18,21H2,1-6H3,(H,39,46)(H,40,47)(H,48,49). The number of nitrogens with one attached hydrogen (secondary N) is 2. The number of nitrogens with zero attached hydrogens (tertiary/aromatic N) is 6. The highest BCUT2D eigenvalue weighted by Crippen LogP contribution is 2.34. The van der Waals surface area contributed by atoms with Crippen LogP contribution in [0.4, 0.5) is 14.0 Å². The lowest BCUT2D eigenvalue weighted by molar-refractivity contribution is 0.0505. The lowest BCUT2D eigenvalue weighted by atomic mass is 10.1. The van der Waals surface area contributed by atoms with Crippen LogP contribution in [0.2, 0.25) is 25.7 Å². The van der Waals surface area contributed by atoms with E-state index in [1.807, 2.05) is 20.8 Å². The van der Waals surface area contributed by atoms with Gasteiger partial charge in [0.05, 0.1) is 23.3 Å². The molecule has 4 heterocycles. The summed E-state index contributed by atoms with van der Waals surface area (Å²) in [5, 5.41) is 21.1. The fourth-order valence-corrected chi connectivity index (χ4v) is 7.59. The van der Waals surface area contributed by atoms with Gasteiger partial charge in [-0.3, -0.25) is 9.48 Å². The van der Waals surface area contributed by atoms with Gasteiger partial charge in [0.2, 0.25) is 0 Å². The molecule has 16 heteroatoms. The Labute approximate surface area is 303 Å². The highest BCUT2D eigenvalue weighted by Gasteiger charge is 2.31. The maximum Gasteiger partial charge on any atom is 0.407 e. The number of benzene rings is 1. The molecule has 2 unspecified atom stereocenters. The average molecular weight is 737 g/mol. The fraction of sp³-hybridized carbons (Fsp3) is 0.556. The van der Waals surface area contributed by atoms with Gasteiger partial charge >= 0.3 is 12.2 Å². The second-order valence-corrected chi connectivity index (χ2v) is 21.7. The molecule has 4 aromatic rings. The Morgan fingerprint density at radius 3 is 2.44 bits per heavy atom. The van der Waals surface area contributed by atoms with Crippen molar-refractivity contribution in [2.75, 3.05) is 19.7 Å². The Morgan fingerprint density at radius 1 is 1.06 bits per heavy atom. The summed E-state index contributed by atoms with van der Waals surface area (Å²) in [4.78, 5) is 48.9. The zero-order chi connectivity index (χ0) is 37.4. The van der Waals surface area contributed by atoms with Crippen molar-refractivity contribution in [2.45, 2.75) is 109 Å². The molecule has 14 nitrogen and oxygen atoms in total. The van der Waals surface area contributed by atoms with Gasteiger partial charge < -0.3 is 34.7 Å². The zero-order valence-corrected chi connectivity index (χ0v) is 31.7. The number of halogens is 1. The molecule has 3 aromatic heterocycles. The van der Waals surface area contributed by atoms with Crippen molar-refractivity contribution < 1.29 is 33.4 Å². The average Bonchev–Trinajstić information content (AvgIpc) is 3.76. The largest absolute Gasteiger partial charge is 0.465 e. The number of carboxylic acid groups (broad SMARTS) is 1. The summed E-state index contributed by atoms with van der Waals surface area (Å²) in [5.74, 6) is -0.729. The first kappa shape index (κ1) is 37.2. The van der Waals surface area contributed by atoms with E-state index in [1.165, 1.54) is 17.0 Å². The minimum absolute atomic E-state index is 0.128. The van der Waals surface area contributed by atoms with E-state index in [0.29, 0.717) is 90.8 Å². The molecule has 2 atom stereocenters. The molecule has 0 radical (unpaired) electrons. The summed E-state index contributed by atoms with van der Waals surface area (Å²) in [6.07, 6.45) is 4.89. The quantitative estimate of drug-likeness (QED) is 0.124. The van der Waals surface area contributed by atoms with Gasteiger partial charge in [-0.2, -0.15) is 5.10 Å². The van der Waals surface area contributed by atoms with E-state index >= 15 is 0 Å². The first-order chi connectivity index (χ1) is 24.5. The van der Waals surface area contributed by atoms with Crippen LogP contribution in [0.1, 0.15) is 69.3 Å². The first-order valence-electron chi connectivity index (χ1n) is 17.9. The van der Waals surface area contributed by atoms with Crippen LogP contribution in [0.15, 0.2) is 30.6 Å². The third kappa shape index (κ3) is 8.72. The molecular formula is C36H49FN8O6Si. The van der Waals surface area contributed by atoms with Gasteiger partial charge in [-0.1, -0.05) is 19.6 Å². The summed E-state index contributed by atoms with van der Waals surface area (Å²) in [6.45, 7) is 13.8. The molecule has 1 saturated heterocycles. The number of likely N-dealkylation sites (tertiary alicyclic amines) is 1. The van der Waals surface area contributed by atoms with Gasteiger partial charge in [0.25, 0.3) is 5.91 Å². The number of carbonyl (C=O) groups is 3. The van der Waals surface area contributed by atoms with Crippen molar-refractivity contribution in [1.29, 1.82) is 0 Å². The van der Waals surface area contributed by atoms with Gasteiger partial charge in [-0.05, 0) is 77.1 Å². The van der Waals surface area contributed by atoms with Gasteiger partial charge in [-0.25, -0.2) is 23.9 Å². The zero-order valence-electron chi connectivity index (χ0n) is 30.7. The predicted molar refractivity (Wildman–Crippen MR) is 196 cm³/mol. The third-order valence-corrected chi connectivity index (χ3v) is 11.2. The van der Waals surface area contributed by atoms with E-state index in [1.54, 1.807) is 27.7 Å². The molecule has 6 rings (SSSR count). The number of amides is 3. The van der Waals surface area contributed by atoms with Crippen LogP contribution in [-0.2, 0) is 16.2 Å². The molecule has 1 saturated carbocycles. The Morgan fingerprint density at radius 2 is 1.77 bits per heavy atom. The summed E-state index contributed by atoms with van der Waals surface area (Å²) in [6, 6.07) is 5.02. The fourth-order valence-electron chi connectivity index (χ4n) is 6.83. The predicted octanol–water partition coefficient (Wildman–Crippen LogP) is 6.39. The van der Waals surface area contributed by atoms with E-state index in [9.17, 15) is 23.9 Å². The SMILES string of the molecule is CC(C)(C)OC(=O)NC1CCC(NC(=O)c2cn(COCC[Si](C)(C)C)c3ncc(-c4nn(C5CCN(C(=O)O)CC5)c5cc(F)ccc45)nc23)C1. The number of fused-ring (bicyclic) bond motifs is 2. The summed E-state index contributed by atoms with van der Waals surface area (Å²) < 4.78 is 29.6. The lowest BCUT2D eigenvalue weighted by Crippen LogP contribution is -2.39. The number of rotatable bonds is 10. The third-order valence-electron chi connectivity index (χ3n) is 9.52. The lowest BCUT2D eigenvalue weighted by Gasteiger charge is -2.30. The van der Waals surface area contributed by atoms with E-state index in [0.717, 1.165) is 6.04 Å². The molecule has 2 aliphatic rings. The van der Waals surface area contributed by atoms with Gasteiger partial charge in [-0.15, -0.1) is 0 Å². The van der Waals surface area contributed by atoms with Crippen molar-refractivity contribution >= 4 is 48.2 Å². The topological polar surface area (TPSA) is 166 Å². The van der Waals surface area contributed by atoms with Crippen LogP contribution in [0.3, 0.4) is 0 Å². The van der Waals surface area contributed by atoms with Crippen LogP contribution in [0.5, 0.6) is 0 Å². The number of piperidine rings is 1. The highest BCUT2D eigenvalue weighted by molar-refractivity contribution is 6.76. The molecule has 280 valence electrons. The number of aromatic nitrogens is 5. The van der Waals surface area contributed by atoms with Crippen LogP contribution in [0.25, 0.3) is 33.5 Å². The Hall–Kier alpha value is -4.57. The number of carbonyl (C=O) groups excluding carboxylic acids is 2. The minimum Gasteiger partial charge on any atom is -0.465 e. The smallest absolute Gasteiger partial charge is 0.407 e. The molecule has 2 fully saturated rings. The van der Waals surface area contributed by atoms with E-state index < -0.39 is 31.7 Å². The van der Waals surface area contributed by atoms with Crippen molar-refractivity contribution in [3.63, 3.8) is 0 Å². The second kappa shape index (κ2) is 14.8. The maximum absolute atomic E-state index is 14.6. The van der Waals surface area contributed by atoms with Gasteiger partial charge in [0.1, 0.15) is 35.1 Å². The molecule has 0 bridgehead atoms. The first-order valence-corrected chi connectivity index (χ1v) is 21.7. The van der Waals surface area contributed by atoms with E-state index in [2.05, 4.69) is 30.3 Å². The minimum atomic E-state index is -1.32. The van der Waals surface area contributed by atoms with Crippen molar-refractivity contribution in [3.05, 3.63) is 42.0 Å².